The van der Waals surface area contributed by atoms with E-state index in [1.54, 1.807) is 0 Å². The standard InChI is InChI=1S/C8H7F4NO3/c9-5-3-13(7(16)8(10,11)12)2-1-4(5)6(14)15/h1-3H2,(H,14,15). The van der Waals surface area contributed by atoms with Gasteiger partial charge in [0, 0.05) is 6.54 Å². The molecule has 0 saturated heterocycles. The van der Waals surface area contributed by atoms with Crippen LogP contribution in [0.15, 0.2) is 11.4 Å². The number of alkyl halides is 3. The number of hydrogen-bond donors (Lipinski definition) is 1. The van der Waals surface area contributed by atoms with Crippen molar-refractivity contribution < 1.29 is 32.3 Å². The van der Waals surface area contributed by atoms with Crippen LogP contribution >= 0.6 is 0 Å². The van der Waals surface area contributed by atoms with E-state index in [-0.39, 0.29) is 4.90 Å². The monoisotopic (exact) mass is 241 g/mol. The number of halogens is 4. The maximum Gasteiger partial charge on any atom is 0.471 e. The van der Waals surface area contributed by atoms with Gasteiger partial charge < -0.3 is 10.0 Å². The zero-order valence-electron chi connectivity index (χ0n) is 7.84. The summed E-state index contributed by atoms with van der Waals surface area (Å²) in [6.07, 6.45) is -5.50. The Bertz CT molecular complexity index is 361. The fraction of sp³-hybridized carbons (Fsp3) is 0.500. The lowest BCUT2D eigenvalue weighted by molar-refractivity contribution is -0.185. The average molecular weight is 241 g/mol. The topological polar surface area (TPSA) is 57.6 Å². The third-order valence-electron chi connectivity index (χ3n) is 2.08. The first-order valence-corrected chi connectivity index (χ1v) is 4.20. The Morgan fingerprint density at radius 1 is 1.31 bits per heavy atom. The molecule has 0 aromatic heterocycles. The van der Waals surface area contributed by atoms with E-state index < -0.39 is 49.0 Å². The second kappa shape index (κ2) is 4.11. The van der Waals surface area contributed by atoms with Gasteiger partial charge in [-0.3, -0.25) is 4.79 Å². The average Bonchev–Trinajstić information content (AvgIpc) is 2.14. The van der Waals surface area contributed by atoms with Crippen LogP contribution in [0.25, 0.3) is 0 Å². The van der Waals surface area contributed by atoms with Crippen LogP contribution in [0, 0.1) is 0 Å². The Hall–Kier alpha value is -1.60. The molecule has 0 aromatic carbocycles. The molecule has 0 unspecified atom stereocenters. The second-order valence-corrected chi connectivity index (χ2v) is 3.16. The van der Waals surface area contributed by atoms with Crippen molar-refractivity contribution in [2.75, 3.05) is 13.1 Å². The molecule has 1 aliphatic rings. The van der Waals surface area contributed by atoms with Crippen LogP contribution in [-0.4, -0.2) is 41.1 Å². The van der Waals surface area contributed by atoms with Crippen LogP contribution in [0.3, 0.4) is 0 Å². The predicted molar refractivity (Wildman–Crippen MR) is 43.0 cm³/mol. The SMILES string of the molecule is O=C(O)C1=C(F)CN(C(=O)C(F)(F)F)CC1. The van der Waals surface area contributed by atoms with E-state index >= 15 is 0 Å². The fourth-order valence-electron chi connectivity index (χ4n) is 1.30. The first-order chi connectivity index (χ1) is 7.23. The van der Waals surface area contributed by atoms with E-state index in [1.165, 1.54) is 0 Å². The number of carboxylic acids is 1. The van der Waals surface area contributed by atoms with Gasteiger partial charge in [0.05, 0.1) is 12.1 Å². The van der Waals surface area contributed by atoms with Gasteiger partial charge in [-0.05, 0) is 6.42 Å². The van der Waals surface area contributed by atoms with Gasteiger partial charge in [0.1, 0.15) is 5.83 Å². The van der Waals surface area contributed by atoms with Crippen LogP contribution in [0.5, 0.6) is 0 Å². The second-order valence-electron chi connectivity index (χ2n) is 3.16. The Balaban J connectivity index is 2.81. The predicted octanol–water partition coefficient (Wildman–Crippen LogP) is 1.09. The molecule has 1 rings (SSSR count). The highest BCUT2D eigenvalue weighted by Crippen LogP contribution is 2.24. The summed E-state index contributed by atoms with van der Waals surface area (Å²) in [7, 11) is 0. The highest BCUT2D eigenvalue weighted by Gasteiger charge is 2.43. The quantitative estimate of drug-likeness (QED) is 0.699. The summed E-state index contributed by atoms with van der Waals surface area (Å²) in [5, 5.41) is 8.47. The lowest BCUT2D eigenvalue weighted by Crippen LogP contribution is -2.44. The van der Waals surface area contributed by atoms with Gasteiger partial charge in [-0.15, -0.1) is 0 Å². The van der Waals surface area contributed by atoms with Crippen molar-refractivity contribution in [1.29, 1.82) is 0 Å². The van der Waals surface area contributed by atoms with Gasteiger partial charge in [0.15, 0.2) is 0 Å². The molecule has 4 nitrogen and oxygen atoms in total. The van der Waals surface area contributed by atoms with Crippen LogP contribution in [0.4, 0.5) is 17.6 Å². The summed E-state index contributed by atoms with van der Waals surface area (Å²) in [6, 6.07) is 0. The maximum absolute atomic E-state index is 13.0. The Morgan fingerprint density at radius 3 is 2.25 bits per heavy atom. The molecule has 0 atom stereocenters. The smallest absolute Gasteiger partial charge is 0.471 e. The van der Waals surface area contributed by atoms with E-state index in [1.807, 2.05) is 0 Å². The molecular formula is C8H7F4NO3. The fourth-order valence-corrected chi connectivity index (χ4v) is 1.30. The van der Waals surface area contributed by atoms with Crippen molar-refractivity contribution in [1.82, 2.24) is 4.90 Å². The summed E-state index contributed by atoms with van der Waals surface area (Å²) in [4.78, 5) is 21.4. The number of nitrogens with zero attached hydrogens (tertiary/aromatic N) is 1. The molecule has 0 aliphatic carbocycles. The zero-order chi connectivity index (χ0) is 12.5. The minimum atomic E-state index is -5.07. The molecule has 8 heteroatoms. The number of carboxylic acid groups (broad SMARTS) is 1. The number of rotatable bonds is 1. The number of aliphatic carboxylic acids is 1. The van der Waals surface area contributed by atoms with Gasteiger partial charge >= 0.3 is 18.1 Å². The van der Waals surface area contributed by atoms with Gasteiger partial charge in [0.25, 0.3) is 0 Å². The van der Waals surface area contributed by atoms with Crippen molar-refractivity contribution in [3.05, 3.63) is 11.4 Å². The largest absolute Gasteiger partial charge is 0.478 e. The van der Waals surface area contributed by atoms with E-state index in [9.17, 15) is 27.2 Å². The first-order valence-electron chi connectivity index (χ1n) is 4.20. The van der Waals surface area contributed by atoms with Gasteiger partial charge in [-0.25, -0.2) is 9.18 Å². The normalized spacial score (nSPS) is 17.6. The van der Waals surface area contributed by atoms with Crippen LogP contribution in [0.1, 0.15) is 6.42 Å². The van der Waals surface area contributed by atoms with Crippen LogP contribution in [-0.2, 0) is 9.59 Å². The highest BCUT2D eigenvalue weighted by molar-refractivity contribution is 5.88. The van der Waals surface area contributed by atoms with E-state index in [4.69, 9.17) is 5.11 Å². The molecule has 0 aromatic rings. The van der Waals surface area contributed by atoms with E-state index in [0.29, 0.717) is 0 Å². The number of carbonyl (C=O) groups is 2. The molecule has 1 aliphatic heterocycles. The van der Waals surface area contributed by atoms with Crippen molar-refractivity contribution in [3.63, 3.8) is 0 Å². The minimum Gasteiger partial charge on any atom is -0.478 e. The highest BCUT2D eigenvalue weighted by atomic mass is 19.4. The summed E-state index contributed by atoms with van der Waals surface area (Å²) in [5.74, 6) is -4.89. The minimum absolute atomic E-state index is 0.238. The summed E-state index contributed by atoms with van der Waals surface area (Å²) in [5.41, 5.74) is -0.578. The van der Waals surface area contributed by atoms with Gasteiger partial charge in [-0.1, -0.05) is 0 Å². The number of carbonyl (C=O) groups excluding carboxylic acids is 1. The molecule has 16 heavy (non-hydrogen) atoms. The molecular weight excluding hydrogens is 234 g/mol. The number of hydrogen-bond acceptors (Lipinski definition) is 2. The molecule has 90 valence electrons. The molecule has 0 saturated carbocycles. The molecule has 1 N–H and O–H groups in total. The number of amides is 1. The lowest BCUT2D eigenvalue weighted by Gasteiger charge is -2.27. The molecule has 0 radical (unpaired) electrons. The third-order valence-corrected chi connectivity index (χ3v) is 2.08. The summed E-state index contributed by atoms with van der Waals surface area (Å²) >= 11 is 0. The zero-order valence-corrected chi connectivity index (χ0v) is 7.84. The van der Waals surface area contributed by atoms with Gasteiger partial charge in [0.2, 0.25) is 0 Å². The van der Waals surface area contributed by atoms with Gasteiger partial charge in [-0.2, -0.15) is 13.2 Å². The van der Waals surface area contributed by atoms with Crippen molar-refractivity contribution in [2.45, 2.75) is 12.6 Å². The van der Waals surface area contributed by atoms with E-state index in [2.05, 4.69) is 0 Å². The van der Waals surface area contributed by atoms with Crippen molar-refractivity contribution in [2.24, 2.45) is 0 Å². The Morgan fingerprint density at radius 2 is 1.88 bits per heavy atom. The Kier molecular flexibility index (Phi) is 3.20. The molecule has 0 spiro atoms. The Labute approximate surface area is 87.1 Å². The van der Waals surface area contributed by atoms with E-state index in [0.717, 1.165) is 0 Å². The maximum atomic E-state index is 13.0. The van der Waals surface area contributed by atoms with Crippen molar-refractivity contribution >= 4 is 11.9 Å². The molecule has 0 bridgehead atoms. The molecule has 0 fully saturated rings. The van der Waals surface area contributed by atoms with Crippen LogP contribution < -0.4 is 0 Å². The molecule has 1 heterocycles. The molecule has 1 amide bonds. The third kappa shape index (κ3) is 2.50. The van der Waals surface area contributed by atoms with Crippen LogP contribution in [0.2, 0.25) is 0 Å². The first kappa shape index (κ1) is 12.5. The summed E-state index contributed by atoms with van der Waals surface area (Å²) in [6.45, 7) is -1.40. The lowest BCUT2D eigenvalue weighted by atomic mass is 10.1. The van der Waals surface area contributed by atoms with Crippen molar-refractivity contribution in [3.8, 4) is 0 Å². The summed E-state index contributed by atoms with van der Waals surface area (Å²) < 4.78 is 48.9.